The Balaban J connectivity index is 1.76. The van der Waals surface area contributed by atoms with Crippen molar-refractivity contribution >= 4 is 32.7 Å². The number of hydrogen-bond acceptors (Lipinski definition) is 6. The van der Waals surface area contributed by atoms with Gasteiger partial charge in [0.05, 0.1) is 25.4 Å². The molecule has 26 heavy (non-hydrogen) atoms. The molecule has 1 aromatic heterocycles. The number of methoxy groups -OCH3 is 2. The maximum Gasteiger partial charge on any atom is 0.274 e. The number of nitrogens with zero attached hydrogens (tertiary/aromatic N) is 1. The molecular weight excluding hydrogens is 360 g/mol. The molecular formula is C16H20N4O5S. The molecule has 0 saturated heterocycles. The van der Waals surface area contributed by atoms with Crippen LogP contribution in [0.25, 0.3) is 10.9 Å². The van der Waals surface area contributed by atoms with Crippen LogP contribution in [-0.2, 0) is 15.0 Å². The van der Waals surface area contributed by atoms with Gasteiger partial charge in [0.1, 0.15) is 0 Å². The average molecular weight is 380 g/mol. The van der Waals surface area contributed by atoms with Crippen molar-refractivity contribution in [2.75, 3.05) is 19.5 Å². The second-order valence-electron chi connectivity index (χ2n) is 6.10. The van der Waals surface area contributed by atoms with E-state index in [-0.39, 0.29) is 17.9 Å². The summed E-state index contributed by atoms with van der Waals surface area (Å²) in [6, 6.07) is 4.88. The highest BCUT2D eigenvalue weighted by molar-refractivity contribution is 7.87. The summed E-state index contributed by atoms with van der Waals surface area (Å²) in [5.41, 5.74) is 1.26. The lowest BCUT2D eigenvalue weighted by atomic mass is 9.80. The van der Waals surface area contributed by atoms with Crippen molar-refractivity contribution in [3.63, 3.8) is 0 Å². The SMILES string of the molecule is COc1cc2nccc(NC(=O)C3CC(NS(N)(=O)=O)C3)c2cc1OC. The first-order chi connectivity index (χ1) is 12.3. The number of nitrogens with one attached hydrogen (secondary N) is 2. The fourth-order valence-electron chi connectivity index (χ4n) is 2.98. The van der Waals surface area contributed by atoms with Gasteiger partial charge in [-0.1, -0.05) is 0 Å². The number of amides is 1. The van der Waals surface area contributed by atoms with Crippen LogP contribution in [0.3, 0.4) is 0 Å². The van der Waals surface area contributed by atoms with Crippen molar-refractivity contribution < 1.29 is 22.7 Å². The molecule has 4 N–H and O–H groups in total. The Kier molecular flexibility index (Phi) is 4.99. The first-order valence-corrected chi connectivity index (χ1v) is 9.47. The van der Waals surface area contributed by atoms with E-state index in [2.05, 4.69) is 15.0 Å². The van der Waals surface area contributed by atoms with E-state index in [0.29, 0.717) is 35.5 Å². The number of anilines is 1. The quantitative estimate of drug-likeness (QED) is 0.678. The van der Waals surface area contributed by atoms with E-state index in [1.807, 2.05) is 0 Å². The molecule has 0 spiro atoms. The number of ether oxygens (including phenoxy) is 2. The molecule has 0 aliphatic heterocycles. The summed E-state index contributed by atoms with van der Waals surface area (Å²) < 4.78 is 34.9. The monoisotopic (exact) mass is 380 g/mol. The van der Waals surface area contributed by atoms with Crippen LogP contribution in [0, 0.1) is 5.92 Å². The van der Waals surface area contributed by atoms with E-state index in [0.717, 1.165) is 5.39 Å². The largest absolute Gasteiger partial charge is 0.493 e. The summed E-state index contributed by atoms with van der Waals surface area (Å²) in [6.07, 6.45) is 2.40. The van der Waals surface area contributed by atoms with Crippen LogP contribution in [0.2, 0.25) is 0 Å². The Morgan fingerprint density at radius 3 is 2.50 bits per heavy atom. The van der Waals surface area contributed by atoms with E-state index in [4.69, 9.17) is 14.6 Å². The van der Waals surface area contributed by atoms with Gasteiger partial charge in [-0.3, -0.25) is 9.78 Å². The van der Waals surface area contributed by atoms with Gasteiger partial charge < -0.3 is 14.8 Å². The van der Waals surface area contributed by atoms with Gasteiger partial charge in [-0.15, -0.1) is 0 Å². The van der Waals surface area contributed by atoms with Crippen LogP contribution in [0.4, 0.5) is 5.69 Å². The molecule has 0 bridgehead atoms. The van der Waals surface area contributed by atoms with Gasteiger partial charge in [0.15, 0.2) is 11.5 Å². The van der Waals surface area contributed by atoms with Crippen LogP contribution in [-0.4, -0.2) is 39.6 Å². The lowest BCUT2D eigenvalue weighted by Gasteiger charge is -2.33. The number of rotatable bonds is 6. The van der Waals surface area contributed by atoms with E-state index < -0.39 is 10.2 Å². The number of aromatic nitrogens is 1. The van der Waals surface area contributed by atoms with E-state index in [1.165, 1.54) is 14.2 Å². The molecule has 2 aromatic rings. The standard InChI is InChI=1S/C16H20N4O5S/c1-24-14-7-11-12(3-4-18-13(11)8-15(14)25-2)19-16(21)9-5-10(6-9)20-26(17,22)23/h3-4,7-10,20H,5-6H2,1-2H3,(H2,17,22,23)(H,18,19,21). The molecule has 0 atom stereocenters. The fraction of sp³-hybridized carbons (Fsp3) is 0.375. The second-order valence-corrected chi connectivity index (χ2v) is 7.43. The summed E-state index contributed by atoms with van der Waals surface area (Å²) in [5.74, 6) is 0.619. The third-order valence-corrected chi connectivity index (χ3v) is 5.01. The zero-order valence-corrected chi connectivity index (χ0v) is 15.2. The maximum atomic E-state index is 12.4. The topological polar surface area (TPSA) is 133 Å². The minimum atomic E-state index is -3.75. The fourth-order valence-corrected chi connectivity index (χ4v) is 3.63. The highest BCUT2D eigenvalue weighted by Crippen LogP contribution is 2.35. The molecule has 1 fully saturated rings. The van der Waals surface area contributed by atoms with Crippen molar-refractivity contribution in [1.29, 1.82) is 0 Å². The summed E-state index contributed by atoms with van der Waals surface area (Å²) in [6.45, 7) is 0. The van der Waals surface area contributed by atoms with Crippen molar-refractivity contribution in [3.8, 4) is 11.5 Å². The summed E-state index contributed by atoms with van der Waals surface area (Å²) in [5, 5.41) is 8.53. The van der Waals surface area contributed by atoms with Gasteiger partial charge in [0.25, 0.3) is 10.2 Å². The van der Waals surface area contributed by atoms with Gasteiger partial charge in [0.2, 0.25) is 5.91 Å². The van der Waals surface area contributed by atoms with Crippen LogP contribution >= 0.6 is 0 Å². The number of carbonyl (C=O) groups excluding carboxylic acids is 1. The molecule has 1 heterocycles. The van der Waals surface area contributed by atoms with Crippen molar-refractivity contribution in [1.82, 2.24) is 9.71 Å². The number of nitrogens with two attached hydrogens (primary N) is 1. The predicted molar refractivity (Wildman–Crippen MR) is 96.2 cm³/mol. The Morgan fingerprint density at radius 2 is 1.88 bits per heavy atom. The van der Waals surface area contributed by atoms with Gasteiger partial charge >= 0.3 is 0 Å². The molecule has 10 heteroatoms. The summed E-state index contributed by atoms with van der Waals surface area (Å²) >= 11 is 0. The Bertz CT molecular complexity index is 941. The third-order valence-electron chi connectivity index (χ3n) is 4.34. The average Bonchev–Trinajstić information content (AvgIpc) is 2.55. The predicted octanol–water partition coefficient (Wildman–Crippen LogP) is 0.762. The molecule has 9 nitrogen and oxygen atoms in total. The van der Waals surface area contributed by atoms with Crippen molar-refractivity contribution in [2.24, 2.45) is 11.1 Å². The summed E-state index contributed by atoms with van der Waals surface area (Å²) in [4.78, 5) is 16.7. The van der Waals surface area contributed by atoms with Crippen LogP contribution in [0.1, 0.15) is 12.8 Å². The number of pyridine rings is 1. The maximum absolute atomic E-state index is 12.4. The molecule has 1 aliphatic carbocycles. The molecule has 1 aromatic carbocycles. The van der Waals surface area contributed by atoms with E-state index >= 15 is 0 Å². The van der Waals surface area contributed by atoms with Crippen LogP contribution in [0.15, 0.2) is 24.4 Å². The lowest BCUT2D eigenvalue weighted by molar-refractivity contribution is -0.122. The molecule has 0 radical (unpaired) electrons. The molecule has 0 unspecified atom stereocenters. The molecule has 1 amide bonds. The number of carbonyl (C=O) groups is 1. The first kappa shape index (κ1) is 18.4. The zero-order valence-electron chi connectivity index (χ0n) is 14.4. The van der Waals surface area contributed by atoms with Crippen LogP contribution in [0.5, 0.6) is 11.5 Å². The zero-order chi connectivity index (χ0) is 18.9. The second kappa shape index (κ2) is 7.06. The van der Waals surface area contributed by atoms with Crippen LogP contribution < -0.4 is 24.7 Å². The number of hydrogen-bond donors (Lipinski definition) is 3. The Morgan fingerprint density at radius 1 is 1.23 bits per heavy atom. The molecule has 140 valence electrons. The minimum absolute atomic E-state index is 0.181. The van der Waals surface area contributed by atoms with Crippen molar-refractivity contribution in [3.05, 3.63) is 24.4 Å². The first-order valence-electron chi connectivity index (χ1n) is 7.92. The Labute approximate surface area is 151 Å². The summed E-state index contributed by atoms with van der Waals surface area (Å²) in [7, 11) is -0.678. The lowest BCUT2D eigenvalue weighted by Crippen LogP contribution is -2.49. The van der Waals surface area contributed by atoms with E-state index in [1.54, 1.807) is 24.4 Å². The molecule has 1 saturated carbocycles. The number of fused-ring (bicyclic) bond motifs is 1. The third kappa shape index (κ3) is 3.87. The minimum Gasteiger partial charge on any atom is -0.493 e. The van der Waals surface area contributed by atoms with Gasteiger partial charge in [-0.2, -0.15) is 13.1 Å². The van der Waals surface area contributed by atoms with E-state index in [9.17, 15) is 13.2 Å². The number of benzene rings is 1. The Hall–Kier alpha value is -2.43. The van der Waals surface area contributed by atoms with Gasteiger partial charge in [-0.05, 0) is 25.0 Å². The van der Waals surface area contributed by atoms with Gasteiger partial charge in [-0.25, -0.2) is 5.14 Å². The van der Waals surface area contributed by atoms with Crippen molar-refractivity contribution in [2.45, 2.75) is 18.9 Å². The smallest absolute Gasteiger partial charge is 0.274 e. The van der Waals surface area contributed by atoms with Gasteiger partial charge in [0, 0.05) is 29.6 Å². The highest BCUT2D eigenvalue weighted by Gasteiger charge is 2.36. The normalized spacial score (nSPS) is 19.7. The molecule has 3 rings (SSSR count). The highest BCUT2D eigenvalue weighted by atomic mass is 32.2. The molecule has 1 aliphatic rings.